The number of hydrogen-bond acceptors (Lipinski definition) is 7. The number of nitrogens with one attached hydrogen (secondary N) is 3. The van der Waals surface area contributed by atoms with Crippen LogP contribution >= 0.6 is 34.4 Å². The van der Waals surface area contributed by atoms with Crippen LogP contribution in [-0.4, -0.2) is 22.7 Å². The third-order valence-corrected chi connectivity index (χ3v) is 10.6. The lowest BCUT2D eigenvalue weighted by atomic mass is 10.0. The van der Waals surface area contributed by atoms with Crippen molar-refractivity contribution in [2.75, 3.05) is 10.6 Å². The maximum absolute atomic E-state index is 13.6. The molecule has 0 aliphatic rings. The first kappa shape index (κ1) is 34.6. The number of carbonyl (C=O) groups excluding carboxylic acids is 3. The zero-order valence-electron chi connectivity index (χ0n) is 27.3. The summed E-state index contributed by atoms with van der Waals surface area (Å²) in [6.07, 6.45) is 1.67. The minimum absolute atomic E-state index is 0.111. The van der Waals surface area contributed by atoms with Crippen molar-refractivity contribution in [3.05, 3.63) is 160 Å². The Balaban J connectivity index is 1.17. The molecule has 0 saturated carbocycles. The van der Waals surface area contributed by atoms with Crippen LogP contribution in [0, 0.1) is 0 Å². The van der Waals surface area contributed by atoms with E-state index in [1.165, 1.54) is 28.7 Å². The number of thiazole rings is 1. The second-order valence-electron chi connectivity index (χ2n) is 11.6. The monoisotopic (exact) mass is 714 g/mol. The molecular formula is C40H34N4O3S3. The first-order valence-corrected chi connectivity index (χ1v) is 18.6. The summed E-state index contributed by atoms with van der Waals surface area (Å²) in [5.41, 5.74) is 4.75. The van der Waals surface area contributed by atoms with Crippen molar-refractivity contribution >= 4 is 69.1 Å². The number of hydrogen-bond donors (Lipinski definition) is 3. The summed E-state index contributed by atoms with van der Waals surface area (Å²) >= 11 is 4.40. The van der Waals surface area contributed by atoms with Gasteiger partial charge in [0.15, 0.2) is 5.13 Å². The highest BCUT2D eigenvalue weighted by Gasteiger charge is 2.24. The van der Waals surface area contributed by atoms with Crippen LogP contribution in [0.4, 0.5) is 10.8 Å². The van der Waals surface area contributed by atoms with E-state index in [9.17, 15) is 14.4 Å². The Morgan fingerprint density at radius 3 is 2.10 bits per heavy atom. The first-order chi connectivity index (χ1) is 24.3. The summed E-state index contributed by atoms with van der Waals surface area (Å²) in [7, 11) is 0. The fourth-order valence-corrected chi connectivity index (χ4v) is 7.48. The zero-order chi connectivity index (χ0) is 34.9. The Kier molecular flexibility index (Phi) is 11.3. The van der Waals surface area contributed by atoms with Crippen LogP contribution in [0.15, 0.2) is 143 Å². The Bertz CT molecular complexity index is 2080. The Morgan fingerprint density at radius 2 is 1.44 bits per heavy atom. The Morgan fingerprint density at radius 1 is 0.740 bits per heavy atom. The van der Waals surface area contributed by atoms with Crippen LogP contribution in [0.5, 0.6) is 0 Å². The molecule has 50 heavy (non-hydrogen) atoms. The summed E-state index contributed by atoms with van der Waals surface area (Å²) in [4.78, 5) is 46.8. The number of rotatable bonds is 12. The molecule has 0 fully saturated rings. The topological polar surface area (TPSA) is 100 Å². The Labute approximate surface area is 303 Å². The molecule has 7 nitrogen and oxygen atoms in total. The molecule has 10 heteroatoms. The molecule has 2 heterocycles. The van der Waals surface area contributed by atoms with Crippen molar-refractivity contribution in [2.24, 2.45) is 0 Å². The predicted octanol–water partition coefficient (Wildman–Crippen LogP) is 9.88. The standard InChI is InChI=1S/C40H34N4O3S3/c1-26(2)28-17-15-27(16-18-28)24-33(42-37(45)30-12-7-4-8-13-30)38(46)41-31-19-21-32(22-20-31)50-36(29-10-5-3-6-11-29)39(47)44-40-43-34(25-49-40)35-14-9-23-48-35/h3-26,36H,1-2H3,(H,41,46)(H,42,45)(H,43,44,47)/b33-24-. The molecule has 0 radical (unpaired) electrons. The lowest BCUT2D eigenvalue weighted by Gasteiger charge is -2.17. The van der Waals surface area contributed by atoms with Crippen LogP contribution in [0.2, 0.25) is 0 Å². The van der Waals surface area contributed by atoms with Gasteiger partial charge in [0.05, 0.1) is 10.6 Å². The van der Waals surface area contributed by atoms with E-state index in [2.05, 4.69) is 34.8 Å². The minimum atomic E-state index is -0.546. The average Bonchev–Trinajstić information content (AvgIpc) is 3.85. The van der Waals surface area contributed by atoms with Crippen molar-refractivity contribution in [1.29, 1.82) is 0 Å². The second-order valence-corrected chi connectivity index (χ2v) is 14.6. The maximum atomic E-state index is 13.6. The fourth-order valence-electron chi connectivity index (χ4n) is 4.98. The van der Waals surface area contributed by atoms with E-state index in [4.69, 9.17) is 0 Å². The number of thiophene rings is 1. The summed E-state index contributed by atoms with van der Waals surface area (Å²) < 4.78 is 0. The first-order valence-electron chi connectivity index (χ1n) is 15.9. The van der Waals surface area contributed by atoms with Crippen molar-refractivity contribution in [3.8, 4) is 10.6 Å². The van der Waals surface area contributed by atoms with Gasteiger partial charge < -0.3 is 16.0 Å². The normalized spacial score (nSPS) is 11.9. The molecule has 0 bridgehead atoms. The van der Waals surface area contributed by atoms with Crippen molar-refractivity contribution < 1.29 is 14.4 Å². The molecule has 3 amide bonds. The van der Waals surface area contributed by atoms with Gasteiger partial charge in [0.1, 0.15) is 10.9 Å². The van der Waals surface area contributed by atoms with Crippen LogP contribution in [0.25, 0.3) is 16.6 Å². The third-order valence-electron chi connectivity index (χ3n) is 7.66. The average molecular weight is 715 g/mol. The van der Waals surface area contributed by atoms with E-state index < -0.39 is 11.2 Å². The van der Waals surface area contributed by atoms with Crippen molar-refractivity contribution in [1.82, 2.24) is 10.3 Å². The van der Waals surface area contributed by atoms with E-state index in [0.29, 0.717) is 22.3 Å². The third kappa shape index (κ3) is 9.03. The molecule has 6 rings (SSSR count). The molecule has 0 spiro atoms. The lowest BCUT2D eigenvalue weighted by Crippen LogP contribution is -2.30. The zero-order valence-corrected chi connectivity index (χ0v) is 29.8. The summed E-state index contributed by atoms with van der Waals surface area (Å²) in [5.74, 6) is -0.663. The molecule has 6 aromatic rings. The maximum Gasteiger partial charge on any atom is 0.272 e. The highest BCUT2D eigenvalue weighted by molar-refractivity contribution is 8.00. The number of carbonyl (C=O) groups is 3. The molecule has 3 N–H and O–H groups in total. The number of benzene rings is 4. The summed E-state index contributed by atoms with van der Waals surface area (Å²) in [5, 5.41) is 12.6. The van der Waals surface area contributed by atoms with Gasteiger partial charge in [0, 0.05) is 21.5 Å². The largest absolute Gasteiger partial charge is 0.321 e. The van der Waals surface area contributed by atoms with Gasteiger partial charge >= 0.3 is 0 Å². The second kappa shape index (κ2) is 16.4. The molecule has 250 valence electrons. The number of thioether (sulfide) groups is 1. The number of aromatic nitrogens is 1. The Hall–Kier alpha value is -5.29. The van der Waals surface area contributed by atoms with Crippen molar-refractivity contribution in [3.63, 3.8) is 0 Å². The SMILES string of the molecule is CC(C)c1ccc(/C=C(\NC(=O)c2ccccc2)C(=O)Nc2ccc(SC(C(=O)Nc3nc(-c4cccs4)cs3)c3ccccc3)cc2)cc1. The highest BCUT2D eigenvalue weighted by atomic mass is 32.2. The number of amides is 3. The van der Waals surface area contributed by atoms with E-state index in [1.807, 2.05) is 95.7 Å². The summed E-state index contributed by atoms with van der Waals surface area (Å²) in [6.45, 7) is 4.24. The van der Waals surface area contributed by atoms with Gasteiger partial charge in [-0.2, -0.15) is 0 Å². The molecule has 0 saturated heterocycles. The van der Waals surface area contributed by atoms with Gasteiger partial charge in [0.2, 0.25) is 5.91 Å². The lowest BCUT2D eigenvalue weighted by molar-refractivity contribution is -0.116. The van der Waals surface area contributed by atoms with Gasteiger partial charge in [-0.25, -0.2) is 4.98 Å². The van der Waals surface area contributed by atoms with Crippen LogP contribution in [0.1, 0.15) is 52.1 Å². The van der Waals surface area contributed by atoms with Gasteiger partial charge in [-0.05, 0) is 76.5 Å². The van der Waals surface area contributed by atoms with Gasteiger partial charge in [0.25, 0.3) is 11.8 Å². The van der Waals surface area contributed by atoms with Crippen LogP contribution < -0.4 is 16.0 Å². The fraction of sp³-hybridized carbons (Fsp3) is 0.100. The van der Waals surface area contributed by atoms with Gasteiger partial charge in [-0.15, -0.1) is 34.4 Å². The molecule has 0 aliphatic heterocycles. The number of nitrogens with zero attached hydrogens (tertiary/aromatic N) is 1. The molecule has 2 aromatic heterocycles. The molecule has 1 unspecified atom stereocenters. The van der Waals surface area contributed by atoms with Crippen molar-refractivity contribution in [2.45, 2.75) is 29.9 Å². The van der Waals surface area contributed by atoms with Gasteiger partial charge in [-0.3, -0.25) is 14.4 Å². The predicted molar refractivity (Wildman–Crippen MR) is 207 cm³/mol. The highest BCUT2D eigenvalue weighted by Crippen LogP contribution is 2.37. The van der Waals surface area contributed by atoms with Gasteiger partial charge in [-0.1, -0.05) is 92.7 Å². The number of anilines is 2. The quantitative estimate of drug-likeness (QED) is 0.0866. The van der Waals surface area contributed by atoms with Crippen LogP contribution in [0.3, 0.4) is 0 Å². The molecular weight excluding hydrogens is 681 g/mol. The van der Waals surface area contributed by atoms with E-state index in [0.717, 1.165) is 26.6 Å². The molecule has 1 atom stereocenters. The molecule has 0 aliphatic carbocycles. The van der Waals surface area contributed by atoms with Crippen LogP contribution in [-0.2, 0) is 9.59 Å². The minimum Gasteiger partial charge on any atom is -0.321 e. The molecule has 4 aromatic carbocycles. The summed E-state index contributed by atoms with van der Waals surface area (Å²) in [6, 6.07) is 37.5. The van der Waals surface area contributed by atoms with E-state index in [-0.39, 0.29) is 17.5 Å². The smallest absolute Gasteiger partial charge is 0.272 e. The van der Waals surface area contributed by atoms with E-state index >= 15 is 0 Å². The van der Waals surface area contributed by atoms with E-state index in [1.54, 1.807) is 53.8 Å².